The molecule has 0 fully saturated rings. The standard InChI is InChI=1S/C14H18ClNO2/c1-14(2,13(17)18)7-9-8-16(3)11-6-4-5-10(15)12(9)11/h4-6,9H,7-8H2,1-3H3,(H,17,18). The lowest BCUT2D eigenvalue weighted by atomic mass is 9.81. The van der Waals surface area contributed by atoms with E-state index in [0.717, 1.165) is 22.8 Å². The summed E-state index contributed by atoms with van der Waals surface area (Å²) in [7, 11) is 2.02. The van der Waals surface area contributed by atoms with Crippen molar-refractivity contribution < 1.29 is 9.90 Å². The summed E-state index contributed by atoms with van der Waals surface area (Å²) in [4.78, 5) is 13.4. The molecule has 2 rings (SSSR count). The molecule has 1 aliphatic heterocycles. The van der Waals surface area contributed by atoms with Gasteiger partial charge >= 0.3 is 5.97 Å². The monoisotopic (exact) mass is 267 g/mol. The summed E-state index contributed by atoms with van der Waals surface area (Å²) >= 11 is 6.26. The van der Waals surface area contributed by atoms with Crippen molar-refractivity contribution >= 4 is 23.3 Å². The molecule has 4 heteroatoms. The van der Waals surface area contributed by atoms with Gasteiger partial charge in [-0.3, -0.25) is 4.79 Å². The molecule has 98 valence electrons. The van der Waals surface area contributed by atoms with Crippen LogP contribution in [-0.2, 0) is 4.79 Å². The Morgan fingerprint density at radius 2 is 2.22 bits per heavy atom. The SMILES string of the molecule is CN1CC(CC(C)(C)C(=O)O)c2c(Cl)cccc21. The topological polar surface area (TPSA) is 40.5 Å². The molecule has 0 amide bonds. The van der Waals surface area contributed by atoms with Crippen LogP contribution in [0.3, 0.4) is 0 Å². The van der Waals surface area contributed by atoms with E-state index in [4.69, 9.17) is 11.6 Å². The van der Waals surface area contributed by atoms with Gasteiger partial charge in [0.2, 0.25) is 0 Å². The predicted molar refractivity (Wildman–Crippen MR) is 73.5 cm³/mol. The van der Waals surface area contributed by atoms with Crippen molar-refractivity contribution in [2.24, 2.45) is 5.41 Å². The molecule has 1 unspecified atom stereocenters. The predicted octanol–water partition coefficient (Wildman–Crippen LogP) is 3.37. The Morgan fingerprint density at radius 1 is 1.56 bits per heavy atom. The Morgan fingerprint density at radius 3 is 2.83 bits per heavy atom. The van der Waals surface area contributed by atoms with Crippen LogP contribution in [0.15, 0.2) is 18.2 Å². The van der Waals surface area contributed by atoms with Gasteiger partial charge in [0.1, 0.15) is 0 Å². The highest BCUT2D eigenvalue weighted by molar-refractivity contribution is 6.32. The third-order valence-electron chi connectivity index (χ3n) is 3.68. The fourth-order valence-electron chi connectivity index (χ4n) is 2.65. The third kappa shape index (κ3) is 2.19. The number of benzene rings is 1. The van der Waals surface area contributed by atoms with E-state index in [1.54, 1.807) is 13.8 Å². The van der Waals surface area contributed by atoms with Crippen LogP contribution in [0.4, 0.5) is 5.69 Å². The van der Waals surface area contributed by atoms with Gasteiger partial charge in [-0.15, -0.1) is 0 Å². The second-order valence-electron chi connectivity index (χ2n) is 5.64. The summed E-state index contributed by atoms with van der Waals surface area (Å²) in [5, 5.41) is 9.98. The van der Waals surface area contributed by atoms with Crippen LogP contribution in [0.5, 0.6) is 0 Å². The Kier molecular flexibility index (Phi) is 3.28. The van der Waals surface area contributed by atoms with Crippen LogP contribution in [0.2, 0.25) is 5.02 Å². The second kappa shape index (κ2) is 4.47. The zero-order valence-corrected chi connectivity index (χ0v) is 11.7. The quantitative estimate of drug-likeness (QED) is 0.913. The number of fused-ring (bicyclic) bond motifs is 1. The Labute approximate surface area is 112 Å². The maximum atomic E-state index is 11.2. The first-order chi connectivity index (χ1) is 8.33. The molecular formula is C14H18ClNO2. The summed E-state index contributed by atoms with van der Waals surface area (Å²) in [6.45, 7) is 4.37. The number of carbonyl (C=O) groups is 1. The highest BCUT2D eigenvalue weighted by Crippen LogP contribution is 2.44. The molecule has 0 saturated carbocycles. The van der Waals surface area contributed by atoms with Crippen molar-refractivity contribution in [3.8, 4) is 0 Å². The van der Waals surface area contributed by atoms with Crippen molar-refractivity contribution in [3.05, 3.63) is 28.8 Å². The van der Waals surface area contributed by atoms with E-state index in [-0.39, 0.29) is 5.92 Å². The van der Waals surface area contributed by atoms with E-state index in [9.17, 15) is 9.90 Å². The first-order valence-electron chi connectivity index (χ1n) is 6.06. The number of likely N-dealkylation sites (N-methyl/N-ethyl adjacent to an activating group) is 1. The lowest BCUT2D eigenvalue weighted by Crippen LogP contribution is -2.27. The van der Waals surface area contributed by atoms with E-state index in [0.29, 0.717) is 6.42 Å². The van der Waals surface area contributed by atoms with Gasteiger partial charge in [-0.25, -0.2) is 0 Å². The Hall–Kier alpha value is -1.22. The van der Waals surface area contributed by atoms with E-state index < -0.39 is 11.4 Å². The van der Waals surface area contributed by atoms with Crippen molar-refractivity contribution in [3.63, 3.8) is 0 Å². The number of aliphatic carboxylic acids is 1. The van der Waals surface area contributed by atoms with Gasteiger partial charge in [0, 0.05) is 30.2 Å². The largest absolute Gasteiger partial charge is 0.481 e. The van der Waals surface area contributed by atoms with Gasteiger partial charge in [-0.1, -0.05) is 17.7 Å². The number of carboxylic acids is 1. The molecule has 0 radical (unpaired) electrons. The molecule has 0 aromatic heterocycles. The smallest absolute Gasteiger partial charge is 0.309 e. The van der Waals surface area contributed by atoms with Gasteiger partial charge in [0.15, 0.2) is 0 Å². The molecule has 1 aromatic carbocycles. The first-order valence-corrected chi connectivity index (χ1v) is 6.43. The molecule has 0 saturated heterocycles. The maximum Gasteiger partial charge on any atom is 0.309 e. The molecule has 1 aliphatic rings. The van der Waals surface area contributed by atoms with Crippen LogP contribution in [0.1, 0.15) is 31.7 Å². The lowest BCUT2D eigenvalue weighted by molar-refractivity contribution is -0.147. The molecule has 0 bridgehead atoms. The molecule has 3 nitrogen and oxygen atoms in total. The van der Waals surface area contributed by atoms with Crippen molar-refractivity contribution in [1.82, 2.24) is 0 Å². The summed E-state index contributed by atoms with van der Waals surface area (Å²) < 4.78 is 0. The molecule has 1 N–H and O–H groups in total. The van der Waals surface area contributed by atoms with Crippen LogP contribution in [0, 0.1) is 5.41 Å². The Bertz CT molecular complexity index is 485. The van der Waals surface area contributed by atoms with Gasteiger partial charge in [-0.05, 0) is 38.0 Å². The minimum Gasteiger partial charge on any atom is -0.481 e. The van der Waals surface area contributed by atoms with Gasteiger partial charge in [0.25, 0.3) is 0 Å². The number of carboxylic acid groups (broad SMARTS) is 1. The minimum atomic E-state index is -0.759. The summed E-state index contributed by atoms with van der Waals surface area (Å²) in [5.74, 6) is -0.574. The van der Waals surface area contributed by atoms with Crippen molar-refractivity contribution in [2.75, 3.05) is 18.5 Å². The zero-order valence-electron chi connectivity index (χ0n) is 10.9. The molecule has 1 aromatic rings. The van der Waals surface area contributed by atoms with Gasteiger partial charge in [0.05, 0.1) is 5.41 Å². The molecule has 18 heavy (non-hydrogen) atoms. The number of halogens is 1. The average Bonchev–Trinajstić information content (AvgIpc) is 2.56. The number of hydrogen-bond donors (Lipinski definition) is 1. The molecular weight excluding hydrogens is 250 g/mol. The number of nitrogens with zero attached hydrogens (tertiary/aromatic N) is 1. The second-order valence-corrected chi connectivity index (χ2v) is 6.05. The fourth-order valence-corrected chi connectivity index (χ4v) is 2.98. The highest BCUT2D eigenvalue weighted by atomic mass is 35.5. The fraction of sp³-hybridized carbons (Fsp3) is 0.500. The first kappa shape index (κ1) is 13.2. The van der Waals surface area contributed by atoms with Crippen molar-refractivity contribution in [2.45, 2.75) is 26.2 Å². The maximum absolute atomic E-state index is 11.2. The van der Waals surface area contributed by atoms with E-state index in [1.807, 2.05) is 25.2 Å². The van der Waals surface area contributed by atoms with Crippen LogP contribution >= 0.6 is 11.6 Å². The summed E-state index contributed by atoms with van der Waals surface area (Å²) in [5.41, 5.74) is 1.48. The van der Waals surface area contributed by atoms with E-state index >= 15 is 0 Å². The number of anilines is 1. The highest BCUT2D eigenvalue weighted by Gasteiger charge is 2.36. The number of rotatable bonds is 3. The Balaban J connectivity index is 2.32. The van der Waals surface area contributed by atoms with Gasteiger partial charge in [-0.2, -0.15) is 0 Å². The summed E-state index contributed by atoms with van der Waals surface area (Å²) in [6.07, 6.45) is 0.601. The third-order valence-corrected chi connectivity index (χ3v) is 4.01. The molecule has 1 atom stereocenters. The van der Waals surface area contributed by atoms with Crippen LogP contribution in [-0.4, -0.2) is 24.7 Å². The van der Waals surface area contributed by atoms with E-state index in [1.165, 1.54) is 0 Å². The van der Waals surface area contributed by atoms with E-state index in [2.05, 4.69) is 4.90 Å². The molecule has 1 heterocycles. The average molecular weight is 268 g/mol. The molecule has 0 aliphatic carbocycles. The van der Waals surface area contributed by atoms with Crippen LogP contribution < -0.4 is 4.90 Å². The molecule has 0 spiro atoms. The lowest BCUT2D eigenvalue weighted by Gasteiger charge is -2.24. The minimum absolute atomic E-state index is 0.185. The summed E-state index contributed by atoms with van der Waals surface area (Å²) in [6, 6.07) is 5.84. The number of hydrogen-bond acceptors (Lipinski definition) is 2. The zero-order chi connectivity index (χ0) is 13.5. The van der Waals surface area contributed by atoms with Crippen molar-refractivity contribution in [1.29, 1.82) is 0 Å². The van der Waals surface area contributed by atoms with Gasteiger partial charge < -0.3 is 10.0 Å². The van der Waals surface area contributed by atoms with Crippen LogP contribution in [0.25, 0.3) is 0 Å². The normalized spacial score (nSPS) is 18.9.